The van der Waals surface area contributed by atoms with Crippen molar-refractivity contribution in [2.24, 2.45) is 0 Å². The molecule has 134 valence electrons. The van der Waals surface area contributed by atoms with E-state index >= 15 is 0 Å². The second kappa shape index (κ2) is 8.17. The first kappa shape index (κ1) is 19.5. The van der Waals surface area contributed by atoms with Crippen molar-refractivity contribution in [1.29, 1.82) is 0 Å². The summed E-state index contributed by atoms with van der Waals surface area (Å²) in [4.78, 5) is 12.7. The molecule has 0 aliphatic rings. The van der Waals surface area contributed by atoms with Crippen LogP contribution in [0.3, 0.4) is 0 Å². The number of nitrogens with one attached hydrogen (secondary N) is 3. The van der Waals surface area contributed by atoms with Crippen LogP contribution >= 0.6 is 70.0 Å². The third-order valence-electron chi connectivity index (χ3n) is 3.31. The molecule has 3 N–H and O–H groups in total. The molecule has 1 heterocycles. The van der Waals surface area contributed by atoms with Gasteiger partial charge in [-0.1, -0.05) is 64.6 Å². The monoisotopic (exact) mass is 463 g/mol. The van der Waals surface area contributed by atoms with E-state index in [1.54, 1.807) is 12.1 Å². The topological polar surface area (TPSA) is 53.2 Å². The molecule has 0 unspecified atom stereocenters. The first-order valence-corrected chi connectivity index (χ1v) is 9.80. The van der Waals surface area contributed by atoms with Crippen molar-refractivity contribution in [3.8, 4) is 0 Å². The second-order valence-corrected chi connectivity index (χ2v) is 8.00. The SMILES string of the molecule is O=C(NNC(=S)Nc1ccc(Cl)c(Cl)c1Cl)c1sc2ccccc2c1Cl. The molecule has 26 heavy (non-hydrogen) atoms. The van der Waals surface area contributed by atoms with Gasteiger partial charge in [0.2, 0.25) is 0 Å². The molecule has 1 aromatic heterocycles. The normalized spacial score (nSPS) is 10.6. The van der Waals surface area contributed by atoms with Gasteiger partial charge in [0.15, 0.2) is 5.11 Å². The average Bonchev–Trinajstić information content (AvgIpc) is 2.97. The van der Waals surface area contributed by atoms with Gasteiger partial charge < -0.3 is 5.32 Å². The quantitative estimate of drug-likeness (QED) is 0.242. The minimum atomic E-state index is -0.402. The number of amides is 1. The fraction of sp³-hybridized carbons (Fsp3) is 0. The number of halogens is 4. The molecule has 0 aliphatic carbocycles. The van der Waals surface area contributed by atoms with Crippen LogP contribution in [0, 0.1) is 0 Å². The molecule has 3 aromatic rings. The number of carbonyl (C=O) groups excluding carboxylic acids is 1. The highest BCUT2D eigenvalue weighted by Gasteiger charge is 2.17. The molecule has 0 fully saturated rings. The number of hydrogen-bond acceptors (Lipinski definition) is 3. The summed E-state index contributed by atoms with van der Waals surface area (Å²) >= 11 is 30.7. The average molecular weight is 465 g/mol. The van der Waals surface area contributed by atoms with Crippen molar-refractivity contribution in [2.75, 3.05) is 5.32 Å². The number of fused-ring (bicyclic) bond motifs is 1. The van der Waals surface area contributed by atoms with Gasteiger partial charge in [0.1, 0.15) is 4.88 Å². The van der Waals surface area contributed by atoms with Crippen molar-refractivity contribution in [1.82, 2.24) is 10.9 Å². The Labute approximate surface area is 178 Å². The lowest BCUT2D eigenvalue weighted by Gasteiger charge is -2.13. The molecule has 0 atom stereocenters. The van der Waals surface area contributed by atoms with E-state index in [0.717, 1.165) is 10.1 Å². The van der Waals surface area contributed by atoms with Crippen LogP contribution in [-0.4, -0.2) is 11.0 Å². The number of anilines is 1. The van der Waals surface area contributed by atoms with E-state index in [1.807, 2.05) is 24.3 Å². The largest absolute Gasteiger partial charge is 0.330 e. The number of carbonyl (C=O) groups is 1. The molecule has 10 heteroatoms. The lowest BCUT2D eigenvalue weighted by molar-refractivity contribution is 0.0948. The Bertz CT molecular complexity index is 1020. The summed E-state index contributed by atoms with van der Waals surface area (Å²) in [5.74, 6) is -0.402. The van der Waals surface area contributed by atoms with Crippen LogP contribution in [0.2, 0.25) is 20.1 Å². The van der Waals surface area contributed by atoms with Gasteiger partial charge in [0.05, 0.1) is 25.8 Å². The molecule has 0 aliphatic heterocycles. The van der Waals surface area contributed by atoms with Crippen molar-refractivity contribution >= 4 is 96.8 Å². The van der Waals surface area contributed by atoms with Crippen LogP contribution in [0.4, 0.5) is 5.69 Å². The highest BCUT2D eigenvalue weighted by molar-refractivity contribution is 7.80. The Hall–Kier alpha value is -1.28. The predicted molar refractivity (Wildman–Crippen MR) is 115 cm³/mol. The Kier molecular flexibility index (Phi) is 6.12. The van der Waals surface area contributed by atoms with E-state index in [4.69, 9.17) is 58.6 Å². The van der Waals surface area contributed by atoms with Crippen LogP contribution in [0.1, 0.15) is 9.67 Å². The minimum Gasteiger partial charge on any atom is -0.330 e. The third-order valence-corrected chi connectivity index (χ3v) is 6.49. The van der Waals surface area contributed by atoms with E-state index < -0.39 is 5.91 Å². The van der Waals surface area contributed by atoms with Gasteiger partial charge in [0, 0.05) is 10.1 Å². The molecular formula is C16H9Cl4N3OS2. The second-order valence-electron chi connectivity index (χ2n) is 5.00. The number of benzene rings is 2. The van der Waals surface area contributed by atoms with Gasteiger partial charge in [-0.3, -0.25) is 15.6 Å². The maximum atomic E-state index is 12.4. The molecule has 0 bridgehead atoms. The van der Waals surface area contributed by atoms with Gasteiger partial charge in [-0.05, 0) is 30.4 Å². The predicted octanol–water partition coefficient (Wildman–Crippen LogP) is 6.15. The van der Waals surface area contributed by atoms with E-state index in [-0.39, 0.29) is 15.2 Å². The van der Waals surface area contributed by atoms with Crippen molar-refractivity contribution in [2.45, 2.75) is 0 Å². The summed E-state index contributed by atoms with van der Waals surface area (Å²) in [6, 6.07) is 10.7. The maximum Gasteiger partial charge on any atom is 0.281 e. The van der Waals surface area contributed by atoms with Crippen molar-refractivity contribution < 1.29 is 4.79 Å². The number of thiophene rings is 1. The van der Waals surface area contributed by atoms with Gasteiger partial charge in [-0.15, -0.1) is 11.3 Å². The van der Waals surface area contributed by atoms with E-state index in [1.165, 1.54) is 11.3 Å². The van der Waals surface area contributed by atoms with Gasteiger partial charge >= 0.3 is 0 Å². The molecule has 3 rings (SSSR count). The highest BCUT2D eigenvalue weighted by atomic mass is 35.5. The van der Waals surface area contributed by atoms with Crippen LogP contribution in [0.15, 0.2) is 36.4 Å². The molecule has 4 nitrogen and oxygen atoms in total. The summed E-state index contributed by atoms with van der Waals surface area (Å²) < 4.78 is 0.922. The zero-order valence-corrected chi connectivity index (χ0v) is 17.4. The van der Waals surface area contributed by atoms with Gasteiger partial charge in [-0.25, -0.2) is 0 Å². The standard InChI is InChI=1S/C16H9Cl4N3OS2/c17-8-5-6-9(13(20)12(8)19)21-16(25)23-22-15(24)14-11(18)7-3-1-2-4-10(7)26-14/h1-6H,(H,22,24)(H2,21,23,25). The Morgan fingerprint density at radius 2 is 1.65 bits per heavy atom. The molecule has 0 radical (unpaired) electrons. The smallest absolute Gasteiger partial charge is 0.281 e. The van der Waals surface area contributed by atoms with Crippen LogP contribution in [0.25, 0.3) is 10.1 Å². The van der Waals surface area contributed by atoms with Crippen molar-refractivity contribution in [3.05, 3.63) is 61.4 Å². The van der Waals surface area contributed by atoms with Crippen LogP contribution in [-0.2, 0) is 0 Å². The van der Waals surface area contributed by atoms with Crippen LogP contribution < -0.4 is 16.2 Å². The van der Waals surface area contributed by atoms with Gasteiger partial charge in [-0.2, -0.15) is 0 Å². The molecule has 0 spiro atoms. The lowest BCUT2D eigenvalue weighted by atomic mass is 10.2. The molecular weight excluding hydrogens is 456 g/mol. The molecule has 1 amide bonds. The summed E-state index contributed by atoms with van der Waals surface area (Å²) in [6.07, 6.45) is 0. The Balaban J connectivity index is 1.66. The van der Waals surface area contributed by atoms with Gasteiger partial charge in [0.25, 0.3) is 5.91 Å². The van der Waals surface area contributed by atoms with Crippen LogP contribution in [0.5, 0.6) is 0 Å². The Morgan fingerprint density at radius 1 is 0.923 bits per heavy atom. The first-order chi connectivity index (χ1) is 12.4. The maximum absolute atomic E-state index is 12.4. The van der Waals surface area contributed by atoms with Crippen molar-refractivity contribution in [3.63, 3.8) is 0 Å². The summed E-state index contributed by atoms with van der Waals surface area (Å²) in [6.45, 7) is 0. The summed E-state index contributed by atoms with van der Waals surface area (Å²) in [5.41, 5.74) is 5.55. The molecule has 0 saturated heterocycles. The number of thiocarbonyl (C=S) groups is 1. The Morgan fingerprint density at radius 3 is 2.38 bits per heavy atom. The van der Waals surface area contributed by atoms with E-state index in [2.05, 4.69) is 16.2 Å². The number of hydrazine groups is 1. The zero-order valence-electron chi connectivity index (χ0n) is 12.7. The van der Waals surface area contributed by atoms with E-state index in [9.17, 15) is 4.79 Å². The summed E-state index contributed by atoms with van der Waals surface area (Å²) in [5, 5.41) is 4.94. The highest BCUT2D eigenvalue weighted by Crippen LogP contribution is 2.36. The number of hydrogen-bond donors (Lipinski definition) is 3. The number of rotatable bonds is 2. The lowest BCUT2D eigenvalue weighted by Crippen LogP contribution is -2.43. The summed E-state index contributed by atoms with van der Waals surface area (Å²) in [7, 11) is 0. The zero-order chi connectivity index (χ0) is 18.8. The minimum absolute atomic E-state index is 0.121. The first-order valence-electron chi connectivity index (χ1n) is 7.06. The fourth-order valence-corrected chi connectivity index (χ4v) is 4.26. The molecule has 2 aromatic carbocycles. The molecule has 0 saturated carbocycles. The third kappa shape index (κ3) is 4.01. The van der Waals surface area contributed by atoms with E-state index in [0.29, 0.717) is 20.6 Å². The fourth-order valence-electron chi connectivity index (χ4n) is 2.11.